The lowest BCUT2D eigenvalue weighted by Gasteiger charge is -2.25. The average molecular weight is 327 g/mol. The molecular formula is C21H29NO2. The molecule has 0 aliphatic rings. The van der Waals surface area contributed by atoms with Crippen molar-refractivity contribution in [2.24, 2.45) is 0 Å². The van der Waals surface area contributed by atoms with E-state index in [1.807, 2.05) is 24.1 Å². The van der Waals surface area contributed by atoms with Gasteiger partial charge in [0.2, 0.25) is 5.91 Å². The van der Waals surface area contributed by atoms with E-state index in [0.717, 1.165) is 25.0 Å². The predicted octanol–water partition coefficient (Wildman–Crippen LogP) is 4.82. The van der Waals surface area contributed by atoms with Gasteiger partial charge in [0.25, 0.3) is 0 Å². The molecule has 0 unspecified atom stereocenters. The standard InChI is InChI=1S/C21H29NO2/c1-16(2)19-11-8-18(9-12-19)10-14-21(23)22(4)17(3)7-13-20-6-5-15-24-20/h5-6,8-9,11-12,15-17H,7,10,13-14H2,1-4H3/t17-/m0/s1. The van der Waals surface area contributed by atoms with Crippen LogP contribution in [0.15, 0.2) is 47.1 Å². The van der Waals surface area contributed by atoms with Gasteiger partial charge >= 0.3 is 0 Å². The SMILES string of the molecule is CC(C)c1ccc(CCC(=O)N(C)[C@@H](C)CCc2ccco2)cc1. The number of aryl methyl sites for hydroxylation is 2. The lowest BCUT2D eigenvalue weighted by atomic mass is 10.00. The second-order valence-corrected chi connectivity index (χ2v) is 6.87. The minimum Gasteiger partial charge on any atom is -0.469 e. The first-order valence-electron chi connectivity index (χ1n) is 8.84. The molecule has 1 amide bonds. The van der Waals surface area contributed by atoms with Crippen molar-refractivity contribution in [3.05, 3.63) is 59.5 Å². The van der Waals surface area contributed by atoms with E-state index >= 15 is 0 Å². The molecule has 3 nitrogen and oxygen atoms in total. The summed E-state index contributed by atoms with van der Waals surface area (Å²) in [5.41, 5.74) is 2.57. The van der Waals surface area contributed by atoms with Crippen molar-refractivity contribution in [3.8, 4) is 0 Å². The Morgan fingerprint density at radius 1 is 1.08 bits per heavy atom. The fraction of sp³-hybridized carbons (Fsp3) is 0.476. The topological polar surface area (TPSA) is 33.5 Å². The van der Waals surface area contributed by atoms with Crippen molar-refractivity contribution in [1.29, 1.82) is 0 Å². The van der Waals surface area contributed by atoms with E-state index in [4.69, 9.17) is 4.42 Å². The molecule has 2 aromatic rings. The zero-order valence-corrected chi connectivity index (χ0v) is 15.3. The van der Waals surface area contributed by atoms with Gasteiger partial charge in [-0.3, -0.25) is 4.79 Å². The highest BCUT2D eigenvalue weighted by molar-refractivity contribution is 5.76. The molecule has 1 heterocycles. The van der Waals surface area contributed by atoms with Crippen LogP contribution in [0.1, 0.15) is 56.4 Å². The summed E-state index contributed by atoms with van der Waals surface area (Å²) in [6, 6.07) is 12.7. The van der Waals surface area contributed by atoms with Crippen LogP contribution in [0.2, 0.25) is 0 Å². The summed E-state index contributed by atoms with van der Waals surface area (Å²) in [4.78, 5) is 14.3. The van der Waals surface area contributed by atoms with Crippen molar-refractivity contribution in [2.45, 2.75) is 58.4 Å². The second kappa shape index (κ2) is 8.72. The number of furan rings is 1. The maximum Gasteiger partial charge on any atom is 0.222 e. The summed E-state index contributed by atoms with van der Waals surface area (Å²) >= 11 is 0. The van der Waals surface area contributed by atoms with Gasteiger partial charge in [0.05, 0.1) is 6.26 Å². The summed E-state index contributed by atoms with van der Waals surface area (Å²) in [5, 5.41) is 0. The molecule has 0 saturated carbocycles. The number of carbonyl (C=O) groups is 1. The summed E-state index contributed by atoms with van der Waals surface area (Å²) in [7, 11) is 1.90. The highest BCUT2D eigenvalue weighted by Gasteiger charge is 2.16. The van der Waals surface area contributed by atoms with E-state index in [0.29, 0.717) is 12.3 Å². The van der Waals surface area contributed by atoms with E-state index in [-0.39, 0.29) is 11.9 Å². The molecule has 1 aromatic carbocycles. The Labute approximate surface area is 145 Å². The number of amides is 1. The number of hydrogen-bond acceptors (Lipinski definition) is 2. The van der Waals surface area contributed by atoms with Crippen LogP contribution >= 0.6 is 0 Å². The Balaban J connectivity index is 1.78. The van der Waals surface area contributed by atoms with Crippen LogP contribution in [-0.4, -0.2) is 23.9 Å². The monoisotopic (exact) mass is 327 g/mol. The number of hydrogen-bond donors (Lipinski definition) is 0. The van der Waals surface area contributed by atoms with Gasteiger partial charge in [0, 0.05) is 25.9 Å². The van der Waals surface area contributed by atoms with Gasteiger partial charge in [-0.2, -0.15) is 0 Å². The van der Waals surface area contributed by atoms with Crippen LogP contribution < -0.4 is 0 Å². The van der Waals surface area contributed by atoms with Crippen LogP contribution in [0.3, 0.4) is 0 Å². The molecule has 3 heteroatoms. The molecule has 0 fully saturated rings. The average Bonchev–Trinajstić information content (AvgIpc) is 3.10. The zero-order valence-electron chi connectivity index (χ0n) is 15.3. The third-order valence-electron chi connectivity index (χ3n) is 4.72. The molecule has 0 spiro atoms. The van der Waals surface area contributed by atoms with Gasteiger partial charge in [-0.25, -0.2) is 0 Å². The third kappa shape index (κ3) is 5.26. The van der Waals surface area contributed by atoms with Crippen molar-refractivity contribution in [1.82, 2.24) is 4.90 Å². The summed E-state index contributed by atoms with van der Waals surface area (Å²) < 4.78 is 5.35. The molecule has 130 valence electrons. The lowest BCUT2D eigenvalue weighted by Crippen LogP contribution is -2.35. The fourth-order valence-electron chi connectivity index (χ4n) is 2.74. The van der Waals surface area contributed by atoms with Crippen molar-refractivity contribution in [2.75, 3.05) is 7.05 Å². The Morgan fingerprint density at radius 2 is 1.79 bits per heavy atom. The van der Waals surface area contributed by atoms with E-state index < -0.39 is 0 Å². The van der Waals surface area contributed by atoms with Gasteiger partial charge in [0.1, 0.15) is 5.76 Å². The van der Waals surface area contributed by atoms with E-state index in [9.17, 15) is 4.79 Å². The fourth-order valence-corrected chi connectivity index (χ4v) is 2.74. The molecule has 2 rings (SSSR count). The molecule has 1 atom stereocenters. The number of benzene rings is 1. The Morgan fingerprint density at radius 3 is 2.38 bits per heavy atom. The Kier molecular flexibility index (Phi) is 6.65. The number of rotatable bonds is 8. The maximum absolute atomic E-state index is 12.4. The highest BCUT2D eigenvalue weighted by Crippen LogP contribution is 2.16. The van der Waals surface area contributed by atoms with Crippen LogP contribution in [0.25, 0.3) is 0 Å². The van der Waals surface area contributed by atoms with Crippen LogP contribution in [0.5, 0.6) is 0 Å². The first-order valence-corrected chi connectivity index (χ1v) is 8.84. The number of carbonyl (C=O) groups excluding carboxylic acids is 1. The van der Waals surface area contributed by atoms with Crippen molar-refractivity contribution >= 4 is 5.91 Å². The van der Waals surface area contributed by atoms with Gasteiger partial charge < -0.3 is 9.32 Å². The molecule has 24 heavy (non-hydrogen) atoms. The maximum atomic E-state index is 12.4. The van der Waals surface area contributed by atoms with Crippen LogP contribution in [0.4, 0.5) is 0 Å². The van der Waals surface area contributed by atoms with Gasteiger partial charge in [0.15, 0.2) is 0 Å². The van der Waals surface area contributed by atoms with Crippen molar-refractivity contribution in [3.63, 3.8) is 0 Å². The Bertz CT molecular complexity index is 614. The molecule has 0 aliphatic carbocycles. The van der Waals surface area contributed by atoms with E-state index in [1.165, 1.54) is 11.1 Å². The third-order valence-corrected chi connectivity index (χ3v) is 4.72. The second-order valence-electron chi connectivity index (χ2n) is 6.87. The lowest BCUT2D eigenvalue weighted by molar-refractivity contribution is -0.131. The molecule has 0 bridgehead atoms. The zero-order chi connectivity index (χ0) is 17.5. The molecule has 1 aromatic heterocycles. The summed E-state index contributed by atoms with van der Waals surface area (Å²) in [6.45, 7) is 6.48. The number of nitrogens with zero attached hydrogens (tertiary/aromatic N) is 1. The molecule has 0 aliphatic heterocycles. The van der Waals surface area contributed by atoms with Crippen molar-refractivity contribution < 1.29 is 9.21 Å². The van der Waals surface area contributed by atoms with Gasteiger partial charge in [-0.05, 0) is 48.9 Å². The summed E-state index contributed by atoms with van der Waals surface area (Å²) in [5.74, 6) is 1.73. The molecule has 0 saturated heterocycles. The smallest absolute Gasteiger partial charge is 0.222 e. The first-order chi connectivity index (χ1) is 11.5. The Hall–Kier alpha value is -2.03. The molecule has 0 N–H and O–H groups in total. The normalized spacial score (nSPS) is 12.4. The van der Waals surface area contributed by atoms with Crippen LogP contribution in [-0.2, 0) is 17.6 Å². The van der Waals surface area contributed by atoms with E-state index in [2.05, 4.69) is 45.0 Å². The van der Waals surface area contributed by atoms with Gasteiger partial charge in [-0.15, -0.1) is 0 Å². The predicted molar refractivity (Wildman–Crippen MR) is 98.1 cm³/mol. The molecule has 0 radical (unpaired) electrons. The summed E-state index contributed by atoms with van der Waals surface area (Å²) in [6.07, 6.45) is 4.83. The minimum atomic E-state index is 0.204. The quantitative estimate of drug-likeness (QED) is 0.697. The van der Waals surface area contributed by atoms with Crippen LogP contribution in [0, 0.1) is 0 Å². The van der Waals surface area contributed by atoms with Gasteiger partial charge in [-0.1, -0.05) is 38.1 Å². The highest BCUT2D eigenvalue weighted by atomic mass is 16.3. The van der Waals surface area contributed by atoms with E-state index in [1.54, 1.807) is 6.26 Å². The first kappa shape index (κ1) is 18.3. The largest absolute Gasteiger partial charge is 0.469 e. The minimum absolute atomic E-state index is 0.204. The molecular weight excluding hydrogens is 298 g/mol.